The molecule has 1 aromatic carbocycles. The fraction of sp³-hybridized carbons (Fsp3) is 0.400. The van der Waals surface area contributed by atoms with Crippen molar-refractivity contribution in [3.05, 3.63) is 41.2 Å². The maximum Gasteiger partial charge on any atom is 0.328 e. The van der Waals surface area contributed by atoms with E-state index < -0.39 is 5.97 Å². The average Bonchev–Trinajstić information content (AvgIpc) is 2.81. The van der Waals surface area contributed by atoms with Gasteiger partial charge in [0.15, 0.2) is 0 Å². The molecule has 20 heavy (non-hydrogen) atoms. The lowest BCUT2D eigenvalue weighted by atomic mass is 10.1. The van der Waals surface area contributed by atoms with Gasteiger partial charge in [-0.05, 0) is 36.6 Å². The summed E-state index contributed by atoms with van der Waals surface area (Å²) in [6.45, 7) is 2.82. The number of hydrogen-bond acceptors (Lipinski definition) is 3. The Morgan fingerprint density at radius 1 is 1.60 bits per heavy atom. The highest BCUT2D eigenvalue weighted by Crippen LogP contribution is 2.29. The summed E-state index contributed by atoms with van der Waals surface area (Å²) in [6, 6.07) is 4.81. The number of thioether (sulfide) groups is 1. The normalized spacial score (nSPS) is 22.5. The SMILES string of the molecule is CC1OCCC1SCc1ccc(/C=C/C(=O)O)cc1F. The third-order valence-electron chi connectivity index (χ3n) is 3.26. The molecule has 1 fully saturated rings. The van der Waals surface area contributed by atoms with E-state index in [-0.39, 0.29) is 11.9 Å². The Labute approximate surface area is 121 Å². The first-order valence-corrected chi connectivity index (χ1v) is 7.54. The van der Waals surface area contributed by atoms with E-state index in [4.69, 9.17) is 9.84 Å². The topological polar surface area (TPSA) is 46.5 Å². The number of rotatable bonds is 5. The number of carbonyl (C=O) groups is 1. The van der Waals surface area contributed by atoms with E-state index in [1.165, 1.54) is 12.1 Å². The van der Waals surface area contributed by atoms with Crippen molar-refractivity contribution in [3.8, 4) is 0 Å². The van der Waals surface area contributed by atoms with Gasteiger partial charge in [-0.1, -0.05) is 12.1 Å². The highest BCUT2D eigenvalue weighted by atomic mass is 32.2. The number of benzene rings is 1. The van der Waals surface area contributed by atoms with Crippen LogP contribution in [0.2, 0.25) is 0 Å². The van der Waals surface area contributed by atoms with Gasteiger partial charge in [-0.2, -0.15) is 11.8 Å². The van der Waals surface area contributed by atoms with Crippen LogP contribution in [-0.4, -0.2) is 29.0 Å². The van der Waals surface area contributed by atoms with Crippen LogP contribution in [-0.2, 0) is 15.3 Å². The molecule has 0 amide bonds. The average molecular weight is 296 g/mol. The van der Waals surface area contributed by atoms with E-state index in [2.05, 4.69) is 0 Å². The Hall–Kier alpha value is -1.33. The summed E-state index contributed by atoms with van der Waals surface area (Å²) in [6.07, 6.45) is 3.61. The summed E-state index contributed by atoms with van der Waals surface area (Å²) >= 11 is 1.71. The van der Waals surface area contributed by atoms with E-state index in [0.29, 0.717) is 22.1 Å². The third-order valence-corrected chi connectivity index (χ3v) is 4.78. The zero-order valence-corrected chi connectivity index (χ0v) is 12.0. The molecule has 1 aliphatic rings. The first-order chi connectivity index (χ1) is 9.56. The number of halogens is 1. The summed E-state index contributed by atoms with van der Waals surface area (Å²) in [5.41, 5.74) is 1.19. The Bertz CT molecular complexity index is 516. The van der Waals surface area contributed by atoms with Gasteiger partial charge in [0.1, 0.15) is 5.82 Å². The van der Waals surface area contributed by atoms with Crippen molar-refractivity contribution in [2.45, 2.75) is 30.5 Å². The van der Waals surface area contributed by atoms with Gasteiger partial charge in [0.25, 0.3) is 0 Å². The molecule has 2 rings (SSSR count). The predicted molar refractivity (Wildman–Crippen MR) is 78.2 cm³/mol. The van der Waals surface area contributed by atoms with Crippen LogP contribution in [0.25, 0.3) is 6.08 Å². The number of aliphatic carboxylic acids is 1. The van der Waals surface area contributed by atoms with Crippen molar-refractivity contribution in [2.75, 3.05) is 6.61 Å². The Kier molecular flexibility index (Phi) is 5.20. The molecular formula is C15H17FO3S. The van der Waals surface area contributed by atoms with Crippen LogP contribution in [0, 0.1) is 5.82 Å². The zero-order valence-electron chi connectivity index (χ0n) is 11.2. The van der Waals surface area contributed by atoms with Gasteiger partial charge in [0.2, 0.25) is 0 Å². The Balaban J connectivity index is 1.97. The smallest absolute Gasteiger partial charge is 0.328 e. The summed E-state index contributed by atoms with van der Waals surface area (Å²) in [4.78, 5) is 10.4. The summed E-state index contributed by atoms with van der Waals surface area (Å²) in [7, 11) is 0. The van der Waals surface area contributed by atoms with Crippen molar-refractivity contribution < 1.29 is 19.0 Å². The number of hydrogen-bond donors (Lipinski definition) is 1. The molecule has 3 nitrogen and oxygen atoms in total. The lowest BCUT2D eigenvalue weighted by Crippen LogP contribution is -2.13. The monoisotopic (exact) mass is 296 g/mol. The molecule has 1 heterocycles. The van der Waals surface area contributed by atoms with Crippen molar-refractivity contribution in [2.24, 2.45) is 0 Å². The van der Waals surface area contributed by atoms with Gasteiger partial charge < -0.3 is 9.84 Å². The van der Waals surface area contributed by atoms with Crippen LogP contribution in [0.3, 0.4) is 0 Å². The molecule has 1 N–H and O–H groups in total. The molecule has 0 aromatic heterocycles. The Morgan fingerprint density at radius 2 is 2.40 bits per heavy atom. The quantitative estimate of drug-likeness (QED) is 0.847. The van der Waals surface area contributed by atoms with Crippen LogP contribution in [0.5, 0.6) is 0 Å². The predicted octanol–water partition coefficient (Wildman–Crippen LogP) is 3.33. The molecule has 0 aliphatic carbocycles. The van der Waals surface area contributed by atoms with Gasteiger partial charge in [0.05, 0.1) is 6.10 Å². The fourth-order valence-corrected chi connectivity index (χ4v) is 3.32. The lowest BCUT2D eigenvalue weighted by Gasteiger charge is -2.13. The number of carboxylic acid groups (broad SMARTS) is 1. The molecular weight excluding hydrogens is 279 g/mol. The van der Waals surface area contributed by atoms with Gasteiger partial charge in [-0.15, -0.1) is 0 Å². The second-order valence-electron chi connectivity index (χ2n) is 4.74. The minimum atomic E-state index is -1.04. The van der Waals surface area contributed by atoms with E-state index in [1.54, 1.807) is 23.9 Å². The second-order valence-corrected chi connectivity index (χ2v) is 5.96. The van der Waals surface area contributed by atoms with Crippen LogP contribution < -0.4 is 0 Å². The van der Waals surface area contributed by atoms with Gasteiger partial charge in [-0.25, -0.2) is 9.18 Å². The summed E-state index contributed by atoms with van der Waals surface area (Å²) < 4.78 is 19.4. The van der Waals surface area contributed by atoms with Crippen molar-refractivity contribution in [1.29, 1.82) is 0 Å². The molecule has 0 radical (unpaired) electrons. The highest BCUT2D eigenvalue weighted by Gasteiger charge is 2.24. The van der Waals surface area contributed by atoms with E-state index in [1.807, 2.05) is 6.92 Å². The standard InChI is InChI=1S/C15H17FO3S/c1-10-14(6-7-19-10)20-9-12-4-2-11(8-13(12)16)3-5-15(17)18/h2-5,8,10,14H,6-7,9H2,1H3,(H,17,18)/b5-3+. The molecule has 1 aliphatic heterocycles. The van der Waals surface area contributed by atoms with Crippen LogP contribution in [0.4, 0.5) is 4.39 Å². The van der Waals surface area contributed by atoms with Crippen LogP contribution in [0.15, 0.2) is 24.3 Å². The first kappa shape index (κ1) is 15.1. The van der Waals surface area contributed by atoms with Crippen molar-refractivity contribution >= 4 is 23.8 Å². The zero-order chi connectivity index (χ0) is 14.5. The number of ether oxygens (including phenoxy) is 1. The fourth-order valence-electron chi connectivity index (χ4n) is 2.08. The van der Waals surface area contributed by atoms with E-state index in [9.17, 15) is 9.18 Å². The summed E-state index contributed by atoms with van der Waals surface area (Å²) in [5.74, 6) is -0.732. The van der Waals surface area contributed by atoms with E-state index >= 15 is 0 Å². The molecule has 1 saturated heterocycles. The van der Waals surface area contributed by atoms with E-state index in [0.717, 1.165) is 19.1 Å². The van der Waals surface area contributed by atoms with Crippen LogP contribution in [0.1, 0.15) is 24.5 Å². The molecule has 2 atom stereocenters. The van der Waals surface area contributed by atoms with Gasteiger partial charge in [0, 0.05) is 23.7 Å². The van der Waals surface area contributed by atoms with Crippen LogP contribution >= 0.6 is 11.8 Å². The molecule has 2 unspecified atom stereocenters. The second kappa shape index (κ2) is 6.90. The van der Waals surface area contributed by atoms with Gasteiger partial charge >= 0.3 is 5.97 Å². The number of carboxylic acids is 1. The Morgan fingerprint density at radius 3 is 3.00 bits per heavy atom. The summed E-state index contributed by atoms with van der Waals surface area (Å²) in [5, 5.41) is 8.95. The molecule has 0 saturated carbocycles. The minimum Gasteiger partial charge on any atom is -0.478 e. The third kappa shape index (κ3) is 4.08. The maximum atomic E-state index is 13.9. The minimum absolute atomic E-state index is 0.223. The lowest BCUT2D eigenvalue weighted by molar-refractivity contribution is -0.131. The van der Waals surface area contributed by atoms with Gasteiger partial charge in [-0.3, -0.25) is 0 Å². The molecule has 0 bridgehead atoms. The molecule has 108 valence electrons. The largest absolute Gasteiger partial charge is 0.478 e. The molecule has 5 heteroatoms. The molecule has 1 aromatic rings. The highest BCUT2D eigenvalue weighted by molar-refractivity contribution is 7.99. The molecule has 0 spiro atoms. The van der Waals surface area contributed by atoms with Crippen molar-refractivity contribution in [1.82, 2.24) is 0 Å². The van der Waals surface area contributed by atoms with Crippen molar-refractivity contribution in [3.63, 3.8) is 0 Å². The maximum absolute atomic E-state index is 13.9. The first-order valence-electron chi connectivity index (χ1n) is 6.49.